The molecular weight excluding hydrogens is 278 g/mol. The molecule has 1 fully saturated rings. The van der Waals surface area contributed by atoms with Gasteiger partial charge in [-0.1, -0.05) is 0 Å². The average molecular weight is 292 g/mol. The Morgan fingerprint density at radius 3 is 2.79 bits per heavy atom. The van der Waals surface area contributed by atoms with Crippen LogP contribution >= 0.6 is 0 Å². The monoisotopic (exact) mass is 292 g/mol. The third-order valence-electron chi connectivity index (χ3n) is 2.83. The molecular formula is C11H14F2N2O3S. The van der Waals surface area contributed by atoms with Crippen molar-refractivity contribution >= 4 is 15.7 Å². The summed E-state index contributed by atoms with van der Waals surface area (Å²) >= 11 is 0. The van der Waals surface area contributed by atoms with Crippen molar-refractivity contribution < 1.29 is 21.9 Å². The maximum atomic E-state index is 13.5. The molecule has 1 aliphatic heterocycles. The summed E-state index contributed by atoms with van der Waals surface area (Å²) in [5, 5.41) is 0. The maximum Gasteiger partial charge on any atom is 0.243 e. The lowest BCUT2D eigenvalue weighted by molar-refractivity contribution is 0.114. The van der Waals surface area contributed by atoms with E-state index in [2.05, 4.69) is 4.72 Å². The first-order chi connectivity index (χ1) is 8.90. The Hall–Kier alpha value is -1.25. The second-order valence-corrected chi connectivity index (χ2v) is 6.04. The summed E-state index contributed by atoms with van der Waals surface area (Å²) in [6, 6.07) is 1.62. The SMILES string of the molecule is Nc1cc(F)c(F)c(S(=O)(=O)NCC2CCCO2)c1. The van der Waals surface area contributed by atoms with Gasteiger partial charge in [-0.25, -0.2) is 21.9 Å². The van der Waals surface area contributed by atoms with E-state index in [4.69, 9.17) is 10.5 Å². The highest BCUT2D eigenvalue weighted by Gasteiger charge is 2.24. The molecule has 8 heteroatoms. The Kier molecular flexibility index (Phi) is 4.02. The predicted molar refractivity (Wildman–Crippen MR) is 64.9 cm³/mol. The molecule has 5 nitrogen and oxygen atoms in total. The Labute approximate surface area is 109 Å². The van der Waals surface area contributed by atoms with Crippen molar-refractivity contribution in [1.29, 1.82) is 0 Å². The van der Waals surface area contributed by atoms with E-state index in [1.165, 1.54) is 0 Å². The van der Waals surface area contributed by atoms with Gasteiger partial charge < -0.3 is 10.5 Å². The molecule has 0 aliphatic carbocycles. The van der Waals surface area contributed by atoms with Gasteiger partial charge in [-0.05, 0) is 25.0 Å². The minimum absolute atomic E-state index is 0.0260. The normalized spacial score (nSPS) is 19.8. The van der Waals surface area contributed by atoms with Crippen LogP contribution in [-0.4, -0.2) is 27.7 Å². The van der Waals surface area contributed by atoms with Crippen LogP contribution in [0, 0.1) is 11.6 Å². The van der Waals surface area contributed by atoms with Crippen molar-refractivity contribution in [2.45, 2.75) is 23.8 Å². The zero-order valence-corrected chi connectivity index (χ0v) is 10.8. The number of hydrogen-bond donors (Lipinski definition) is 2. The van der Waals surface area contributed by atoms with Crippen LogP contribution in [0.5, 0.6) is 0 Å². The molecule has 1 aromatic rings. The molecule has 1 heterocycles. The van der Waals surface area contributed by atoms with E-state index in [0.29, 0.717) is 6.61 Å². The number of nitrogens with one attached hydrogen (secondary N) is 1. The number of ether oxygens (including phenoxy) is 1. The Bertz CT molecular complexity index is 572. The van der Waals surface area contributed by atoms with Gasteiger partial charge in [0.25, 0.3) is 0 Å². The highest BCUT2D eigenvalue weighted by atomic mass is 32.2. The van der Waals surface area contributed by atoms with Gasteiger partial charge in [-0.3, -0.25) is 0 Å². The number of sulfonamides is 1. The first-order valence-corrected chi connectivity index (χ1v) is 7.24. The first-order valence-electron chi connectivity index (χ1n) is 5.76. The molecule has 106 valence electrons. The highest BCUT2D eigenvalue weighted by Crippen LogP contribution is 2.21. The summed E-state index contributed by atoms with van der Waals surface area (Å²) in [4.78, 5) is -0.789. The fourth-order valence-electron chi connectivity index (χ4n) is 1.87. The first kappa shape index (κ1) is 14.2. The quantitative estimate of drug-likeness (QED) is 0.811. The van der Waals surface area contributed by atoms with E-state index in [1.807, 2.05) is 0 Å². The molecule has 1 unspecified atom stereocenters. The third-order valence-corrected chi connectivity index (χ3v) is 4.25. The predicted octanol–water partition coefficient (Wildman–Crippen LogP) is 1.00. The second kappa shape index (κ2) is 5.40. The number of hydrogen-bond acceptors (Lipinski definition) is 4. The van der Waals surface area contributed by atoms with Crippen molar-refractivity contribution in [3.05, 3.63) is 23.8 Å². The molecule has 2 rings (SSSR count). The third kappa shape index (κ3) is 3.20. The minimum atomic E-state index is -4.15. The van der Waals surface area contributed by atoms with Crippen molar-refractivity contribution in [1.82, 2.24) is 4.72 Å². The van der Waals surface area contributed by atoms with Crippen LogP contribution in [0.15, 0.2) is 17.0 Å². The Morgan fingerprint density at radius 2 is 2.16 bits per heavy atom. The number of nitrogen functional groups attached to an aromatic ring is 1. The van der Waals surface area contributed by atoms with Crippen molar-refractivity contribution in [3.8, 4) is 0 Å². The number of benzene rings is 1. The number of halogens is 2. The van der Waals surface area contributed by atoms with Crippen LogP contribution in [-0.2, 0) is 14.8 Å². The fourth-order valence-corrected chi connectivity index (χ4v) is 3.05. The zero-order valence-electron chi connectivity index (χ0n) is 10.0. The van der Waals surface area contributed by atoms with Crippen molar-refractivity contribution in [3.63, 3.8) is 0 Å². The molecule has 1 aliphatic rings. The van der Waals surface area contributed by atoms with Gasteiger partial charge in [-0.15, -0.1) is 0 Å². The topological polar surface area (TPSA) is 81.4 Å². The number of nitrogens with two attached hydrogens (primary N) is 1. The molecule has 0 bridgehead atoms. The highest BCUT2D eigenvalue weighted by molar-refractivity contribution is 7.89. The molecule has 1 atom stereocenters. The molecule has 0 amide bonds. The Morgan fingerprint density at radius 1 is 1.42 bits per heavy atom. The van der Waals surface area contributed by atoms with E-state index in [9.17, 15) is 17.2 Å². The largest absolute Gasteiger partial charge is 0.399 e. The molecule has 1 saturated heterocycles. The van der Waals surface area contributed by atoms with Crippen LogP contribution < -0.4 is 10.5 Å². The van der Waals surface area contributed by atoms with E-state index in [-0.39, 0.29) is 18.3 Å². The molecule has 1 aromatic carbocycles. The fraction of sp³-hybridized carbons (Fsp3) is 0.455. The van der Waals surface area contributed by atoms with E-state index >= 15 is 0 Å². The lowest BCUT2D eigenvalue weighted by Crippen LogP contribution is -2.32. The average Bonchev–Trinajstić information content (AvgIpc) is 2.84. The number of rotatable bonds is 4. The summed E-state index contributed by atoms with van der Waals surface area (Å²) in [6.45, 7) is 0.603. The minimum Gasteiger partial charge on any atom is -0.399 e. The van der Waals surface area contributed by atoms with Gasteiger partial charge in [0, 0.05) is 18.8 Å². The summed E-state index contributed by atoms with van der Waals surface area (Å²) in [6.07, 6.45) is 1.35. The van der Waals surface area contributed by atoms with E-state index in [0.717, 1.165) is 25.0 Å². The molecule has 0 saturated carbocycles. The summed E-state index contributed by atoms with van der Waals surface area (Å²) in [5.74, 6) is -2.73. The summed E-state index contributed by atoms with van der Waals surface area (Å²) < 4.78 is 57.8. The van der Waals surface area contributed by atoms with Gasteiger partial charge in [0.2, 0.25) is 10.0 Å². The van der Waals surface area contributed by atoms with Crippen LogP contribution in [0.25, 0.3) is 0 Å². The van der Waals surface area contributed by atoms with Crippen molar-refractivity contribution in [2.75, 3.05) is 18.9 Å². The van der Waals surface area contributed by atoms with Crippen LogP contribution in [0.3, 0.4) is 0 Å². The maximum absolute atomic E-state index is 13.5. The lowest BCUT2D eigenvalue weighted by atomic mass is 10.2. The van der Waals surface area contributed by atoms with Crippen LogP contribution in [0.1, 0.15) is 12.8 Å². The Balaban J connectivity index is 2.19. The smallest absolute Gasteiger partial charge is 0.243 e. The van der Waals surface area contributed by atoms with Crippen LogP contribution in [0.2, 0.25) is 0 Å². The van der Waals surface area contributed by atoms with Gasteiger partial charge in [0.15, 0.2) is 11.6 Å². The molecule has 0 aromatic heterocycles. The number of anilines is 1. The standard InChI is InChI=1S/C11H14F2N2O3S/c12-9-4-7(14)5-10(11(9)13)19(16,17)15-6-8-2-1-3-18-8/h4-5,8,15H,1-3,6,14H2. The van der Waals surface area contributed by atoms with Crippen LogP contribution in [0.4, 0.5) is 14.5 Å². The van der Waals surface area contributed by atoms with E-state index in [1.54, 1.807) is 0 Å². The zero-order chi connectivity index (χ0) is 14.0. The second-order valence-electron chi connectivity index (χ2n) is 4.30. The molecule has 3 N–H and O–H groups in total. The van der Waals surface area contributed by atoms with Gasteiger partial charge in [-0.2, -0.15) is 0 Å². The van der Waals surface area contributed by atoms with E-state index < -0.39 is 26.6 Å². The molecule has 0 spiro atoms. The summed E-state index contributed by atoms with van der Waals surface area (Å²) in [7, 11) is -4.15. The van der Waals surface area contributed by atoms with Gasteiger partial charge >= 0.3 is 0 Å². The van der Waals surface area contributed by atoms with Gasteiger partial charge in [0.05, 0.1) is 6.10 Å². The van der Waals surface area contributed by atoms with Gasteiger partial charge in [0.1, 0.15) is 4.90 Å². The molecule has 19 heavy (non-hydrogen) atoms. The van der Waals surface area contributed by atoms with Crippen molar-refractivity contribution in [2.24, 2.45) is 0 Å². The summed E-state index contributed by atoms with van der Waals surface area (Å²) in [5.41, 5.74) is 5.16. The molecule has 0 radical (unpaired) electrons. The lowest BCUT2D eigenvalue weighted by Gasteiger charge is -2.12.